The molecular weight excluding hydrogens is 344 g/mol. The van der Waals surface area contributed by atoms with Crippen molar-refractivity contribution in [2.24, 2.45) is 0 Å². The van der Waals surface area contributed by atoms with E-state index >= 15 is 0 Å². The van der Waals surface area contributed by atoms with Crippen molar-refractivity contribution in [2.45, 2.75) is 57.1 Å². The molecule has 3 aliphatic heterocycles. The Hall–Kier alpha value is -2.01. The summed E-state index contributed by atoms with van der Waals surface area (Å²) in [4.78, 5) is 24.9. The van der Waals surface area contributed by atoms with Crippen LogP contribution in [0.3, 0.4) is 0 Å². The van der Waals surface area contributed by atoms with Crippen LogP contribution in [0.15, 0.2) is 6.08 Å². The van der Waals surface area contributed by atoms with Crippen molar-refractivity contribution in [2.75, 3.05) is 0 Å². The molecule has 0 saturated carbocycles. The maximum absolute atomic E-state index is 12.7. The van der Waals surface area contributed by atoms with E-state index in [-0.39, 0.29) is 30.0 Å². The summed E-state index contributed by atoms with van der Waals surface area (Å²) in [6, 6.07) is 0. The number of ether oxygens (including phenoxy) is 3. The van der Waals surface area contributed by atoms with Gasteiger partial charge in [-0.2, -0.15) is 0 Å². The summed E-state index contributed by atoms with van der Waals surface area (Å²) in [7, 11) is 0. The van der Waals surface area contributed by atoms with Gasteiger partial charge in [-0.3, -0.25) is 9.59 Å². The SMILES string of the molecule is CC1CC(=O)c2c(c3c(c4c2OC(=O)C(Cl)C4C)OC(C)(C)C=C3)O1. The Morgan fingerprint density at radius 1 is 1.16 bits per heavy atom. The number of hydrogen-bond donors (Lipinski definition) is 0. The van der Waals surface area contributed by atoms with E-state index in [0.29, 0.717) is 28.2 Å². The highest BCUT2D eigenvalue weighted by Crippen LogP contribution is 2.54. The van der Waals surface area contributed by atoms with Crippen molar-refractivity contribution in [3.05, 3.63) is 22.8 Å². The number of benzene rings is 1. The fourth-order valence-corrected chi connectivity index (χ4v) is 3.75. The Bertz CT molecular complexity index is 839. The quantitative estimate of drug-likeness (QED) is 0.398. The highest BCUT2D eigenvalue weighted by Gasteiger charge is 2.44. The van der Waals surface area contributed by atoms with Gasteiger partial charge in [-0.25, -0.2) is 0 Å². The maximum atomic E-state index is 12.7. The van der Waals surface area contributed by atoms with Gasteiger partial charge in [-0.15, -0.1) is 11.6 Å². The Kier molecular flexibility index (Phi) is 3.45. The van der Waals surface area contributed by atoms with Crippen LogP contribution in [0.4, 0.5) is 0 Å². The molecule has 0 radical (unpaired) electrons. The molecule has 0 bridgehead atoms. The molecule has 1 aromatic rings. The second-order valence-electron chi connectivity index (χ2n) is 7.40. The molecule has 4 rings (SSSR count). The van der Waals surface area contributed by atoms with Crippen LogP contribution in [0, 0.1) is 0 Å². The standard InChI is InChI=1S/C19H19ClO5/c1-8-7-11(21)13-15(23-8)10-5-6-19(3,4)25-16(10)12-9(2)14(20)18(22)24-17(12)13/h5-6,8-9,14H,7H2,1-4H3. The van der Waals surface area contributed by atoms with Gasteiger partial charge in [0.15, 0.2) is 11.5 Å². The Balaban J connectivity index is 2.07. The number of ketones is 1. The maximum Gasteiger partial charge on any atom is 0.330 e. The number of carbonyl (C=O) groups excluding carboxylic acids is 2. The summed E-state index contributed by atoms with van der Waals surface area (Å²) >= 11 is 6.24. The number of alkyl halides is 1. The molecule has 0 fully saturated rings. The fraction of sp³-hybridized carbons (Fsp3) is 0.474. The van der Waals surface area contributed by atoms with Gasteiger partial charge in [0, 0.05) is 17.9 Å². The van der Waals surface area contributed by atoms with Crippen molar-refractivity contribution in [1.29, 1.82) is 0 Å². The van der Waals surface area contributed by atoms with Gasteiger partial charge in [-0.05, 0) is 32.9 Å². The smallest absolute Gasteiger partial charge is 0.330 e. The molecule has 3 heterocycles. The Labute approximate surface area is 150 Å². The normalized spacial score (nSPS) is 28.9. The van der Waals surface area contributed by atoms with E-state index in [1.165, 1.54) is 0 Å². The minimum Gasteiger partial charge on any atom is -0.489 e. The van der Waals surface area contributed by atoms with Gasteiger partial charge in [0.1, 0.15) is 34.1 Å². The van der Waals surface area contributed by atoms with Crippen molar-refractivity contribution in [3.8, 4) is 17.2 Å². The molecule has 0 amide bonds. The number of hydrogen-bond acceptors (Lipinski definition) is 5. The minimum atomic E-state index is -0.828. The third-order valence-corrected chi connectivity index (χ3v) is 5.40. The van der Waals surface area contributed by atoms with E-state index in [0.717, 1.165) is 0 Å². The Morgan fingerprint density at radius 3 is 2.60 bits per heavy atom. The van der Waals surface area contributed by atoms with Gasteiger partial charge in [0.25, 0.3) is 0 Å². The van der Waals surface area contributed by atoms with Crippen LogP contribution in [0.2, 0.25) is 0 Å². The first-order chi connectivity index (χ1) is 11.7. The summed E-state index contributed by atoms with van der Waals surface area (Å²) in [5.41, 5.74) is 1.17. The lowest BCUT2D eigenvalue weighted by molar-refractivity contribution is -0.135. The van der Waals surface area contributed by atoms with E-state index in [9.17, 15) is 9.59 Å². The van der Waals surface area contributed by atoms with Gasteiger partial charge in [-0.1, -0.05) is 6.92 Å². The van der Waals surface area contributed by atoms with E-state index in [2.05, 4.69) is 0 Å². The highest BCUT2D eigenvalue weighted by atomic mass is 35.5. The lowest BCUT2D eigenvalue weighted by atomic mass is 9.84. The number of fused-ring (bicyclic) bond motifs is 6. The number of carbonyl (C=O) groups is 2. The van der Waals surface area contributed by atoms with Crippen molar-refractivity contribution < 1.29 is 23.8 Å². The van der Waals surface area contributed by atoms with E-state index in [1.54, 1.807) is 0 Å². The predicted octanol–water partition coefficient (Wildman–Crippen LogP) is 3.85. The first-order valence-electron chi connectivity index (χ1n) is 8.37. The number of rotatable bonds is 0. The highest BCUT2D eigenvalue weighted by molar-refractivity contribution is 6.31. The van der Waals surface area contributed by atoms with E-state index in [1.807, 2.05) is 39.8 Å². The van der Waals surface area contributed by atoms with Crippen LogP contribution in [0.5, 0.6) is 17.2 Å². The van der Waals surface area contributed by atoms with Crippen LogP contribution in [0.25, 0.3) is 6.08 Å². The van der Waals surface area contributed by atoms with Crippen molar-refractivity contribution >= 4 is 29.4 Å². The van der Waals surface area contributed by atoms with Crippen LogP contribution in [-0.4, -0.2) is 28.8 Å². The van der Waals surface area contributed by atoms with Crippen molar-refractivity contribution in [1.82, 2.24) is 0 Å². The number of esters is 1. The van der Waals surface area contributed by atoms with Crippen molar-refractivity contribution in [3.63, 3.8) is 0 Å². The van der Waals surface area contributed by atoms with Crippen LogP contribution in [-0.2, 0) is 4.79 Å². The van der Waals surface area contributed by atoms with E-state index in [4.69, 9.17) is 25.8 Å². The third-order valence-electron chi connectivity index (χ3n) is 4.84. The fourth-order valence-electron chi connectivity index (χ4n) is 3.57. The summed E-state index contributed by atoms with van der Waals surface area (Å²) in [6.45, 7) is 7.55. The molecule has 0 aromatic heterocycles. The second kappa shape index (κ2) is 5.24. The summed E-state index contributed by atoms with van der Waals surface area (Å²) in [6.07, 6.45) is 3.83. The largest absolute Gasteiger partial charge is 0.489 e. The molecule has 25 heavy (non-hydrogen) atoms. The molecule has 1 aromatic carbocycles. The number of Topliss-reactive ketones (excluding diaryl/α,β-unsaturated/α-hetero) is 1. The van der Waals surface area contributed by atoms with Gasteiger partial charge in [0.05, 0.1) is 5.56 Å². The average molecular weight is 363 g/mol. The summed E-state index contributed by atoms with van der Waals surface area (Å²) in [5, 5.41) is -0.828. The zero-order valence-electron chi connectivity index (χ0n) is 14.5. The topological polar surface area (TPSA) is 61.8 Å². The molecule has 0 saturated heterocycles. The first-order valence-corrected chi connectivity index (χ1v) is 8.81. The molecule has 3 unspecified atom stereocenters. The lowest BCUT2D eigenvalue weighted by Gasteiger charge is -2.37. The zero-order chi connectivity index (χ0) is 18.1. The molecule has 3 atom stereocenters. The average Bonchev–Trinajstić information content (AvgIpc) is 2.50. The third kappa shape index (κ3) is 2.36. The minimum absolute atomic E-state index is 0.0981. The summed E-state index contributed by atoms with van der Waals surface area (Å²) < 4.78 is 17.6. The molecule has 5 nitrogen and oxygen atoms in total. The van der Waals surface area contributed by atoms with Gasteiger partial charge >= 0.3 is 5.97 Å². The molecule has 0 aliphatic carbocycles. The first kappa shape index (κ1) is 16.5. The molecule has 0 spiro atoms. The van der Waals surface area contributed by atoms with Crippen LogP contribution >= 0.6 is 11.6 Å². The molecule has 3 aliphatic rings. The Morgan fingerprint density at radius 2 is 1.88 bits per heavy atom. The lowest BCUT2D eigenvalue weighted by Crippen LogP contribution is -2.36. The molecular formula is C19H19ClO5. The molecule has 132 valence electrons. The predicted molar refractivity (Wildman–Crippen MR) is 92.9 cm³/mol. The second-order valence-corrected chi connectivity index (χ2v) is 7.87. The monoisotopic (exact) mass is 362 g/mol. The molecule has 6 heteroatoms. The zero-order valence-corrected chi connectivity index (χ0v) is 15.3. The van der Waals surface area contributed by atoms with Crippen LogP contribution < -0.4 is 14.2 Å². The van der Waals surface area contributed by atoms with E-state index < -0.39 is 16.9 Å². The molecule has 0 N–H and O–H groups in total. The number of halogens is 1. The van der Waals surface area contributed by atoms with Gasteiger partial charge < -0.3 is 14.2 Å². The van der Waals surface area contributed by atoms with Gasteiger partial charge in [0.2, 0.25) is 0 Å². The van der Waals surface area contributed by atoms with Crippen LogP contribution in [0.1, 0.15) is 61.5 Å². The summed E-state index contributed by atoms with van der Waals surface area (Å²) in [5.74, 6) is 0.253.